The Morgan fingerprint density at radius 1 is 1.29 bits per heavy atom. The lowest BCUT2D eigenvalue weighted by Gasteiger charge is -2.32. The number of sulfonamides is 1. The van der Waals surface area contributed by atoms with Gasteiger partial charge in [-0.05, 0) is 47.0 Å². The van der Waals surface area contributed by atoms with E-state index < -0.39 is 10.0 Å². The van der Waals surface area contributed by atoms with Crippen LogP contribution in [0.2, 0.25) is 0 Å². The molecule has 0 bridgehead atoms. The minimum absolute atomic E-state index is 0.242. The highest BCUT2D eigenvalue weighted by molar-refractivity contribution is 9.11. The van der Waals surface area contributed by atoms with Gasteiger partial charge < -0.3 is 9.97 Å². The molecule has 2 N–H and O–H groups in total. The van der Waals surface area contributed by atoms with Gasteiger partial charge in [-0.3, -0.25) is 4.57 Å². The van der Waals surface area contributed by atoms with Gasteiger partial charge in [0.1, 0.15) is 9.86 Å². The van der Waals surface area contributed by atoms with Crippen LogP contribution in [0.3, 0.4) is 0 Å². The number of pyridine rings is 1. The van der Waals surface area contributed by atoms with Crippen molar-refractivity contribution in [2.24, 2.45) is 0 Å². The Bertz CT molecular complexity index is 1350. The average Bonchev–Trinajstić information content (AvgIpc) is 3.38. The van der Waals surface area contributed by atoms with Crippen LogP contribution in [0.1, 0.15) is 18.9 Å². The minimum atomic E-state index is -3.59. The monoisotopic (exact) mass is 481 g/mol. The van der Waals surface area contributed by atoms with Crippen molar-refractivity contribution in [1.29, 1.82) is 0 Å². The van der Waals surface area contributed by atoms with Crippen LogP contribution in [-0.2, 0) is 10.0 Å². The molecule has 0 saturated carbocycles. The molecular formula is C17H16BrN5O3S2. The molecule has 11 heteroatoms. The number of nitrogens with one attached hydrogen (secondary N) is 2. The molecular weight excluding hydrogens is 466 g/mol. The molecule has 1 fully saturated rings. The second kappa shape index (κ2) is 6.55. The fourth-order valence-corrected chi connectivity index (χ4v) is 7.56. The van der Waals surface area contributed by atoms with Crippen LogP contribution in [-0.4, -0.2) is 45.3 Å². The van der Waals surface area contributed by atoms with Crippen molar-refractivity contribution < 1.29 is 8.42 Å². The molecule has 0 radical (unpaired) electrons. The summed E-state index contributed by atoms with van der Waals surface area (Å²) < 4.78 is 30.3. The zero-order valence-corrected chi connectivity index (χ0v) is 17.8. The van der Waals surface area contributed by atoms with Crippen molar-refractivity contribution in [3.8, 4) is 0 Å². The quantitative estimate of drug-likeness (QED) is 0.469. The molecule has 5 heterocycles. The number of nitrogens with zero attached hydrogens (tertiary/aromatic N) is 3. The van der Waals surface area contributed by atoms with Crippen LogP contribution in [0, 0.1) is 0 Å². The average molecular weight is 482 g/mol. The molecule has 0 aliphatic carbocycles. The third-order valence-corrected chi connectivity index (χ3v) is 9.08. The Balaban J connectivity index is 1.58. The summed E-state index contributed by atoms with van der Waals surface area (Å²) in [5.74, 6) is 0. The molecule has 0 unspecified atom stereocenters. The molecule has 0 spiro atoms. The highest BCUT2D eigenvalue weighted by Crippen LogP contribution is 2.33. The normalized spacial score (nSPS) is 19.0. The van der Waals surface area contributed by atoms with E-state index in [4.69, 9.17) is 0 Å². The minimum Gasteiger partial charge on any atom is -0.346 e. The van der Waals surface area contributed by atoms with E-state index in [1.54, 1.807) is 29.1 Å². The van der Waals surface area contributed by atoms with Gasteiger partial charge in [0, 0.05) is 24.7 Å². The summed E-state index contributed by atoms with van der Waals surface area (Å²) in [7, 11) is -3.59. The summed E-state index contributed by atoms with van der Waals surface area (Å²) in [5.41, 5.74) is 1.87. The van der Waals surface area contributed by atoms with Gasteiger partial charge >= 0.3 is 5.69 Å². The fraction of sp³-hybridized carbons (Fsp3) is 0.294. The van der Waals surface area contributed by atoms with E-state index in [1.807, 2.05) is 6.07 Å². The molecule has 28 heavy (non-hydrogen) atoms. The Labute approximate surface area is 172 Å². The number of H-pyrrole nitrogens is 2. The van der Waals surface area contributed by atoms with Crippen molar-refractivity contribution in [1.82, 2.24) is 23.8 Å². The largest absolute Gasteiger partial charge is 0.346 e. The summed E-state index contributed by atoms with van der Waals surface area (Å²) in [6, 6.07) is 4.99. The van der Waals surface area contributed by atoms with E-state index in [0.29, 0.717) is 28.3 Å². The van der Waals surface area contributed by atoms with Crippen LogP contribution in [0.5, 0.6) is 0 Å². The SMILES string of the molecule is O=c1[nH]c2cnc3[nH]ccc3c2n1[C@@H]1CCCN(S(=O)(=O)c2ccc(Br)s2)C1. The molecule has 1 atom stereocenters. The Morgan fingerprint density at radius 2 is 2.14 bits per heavy atom. The van der Waals surface area contributed by atoms with Crippen LogP contribution in [0.25, 0.3) is 22.1 Å². The number of fused-ring (bicyclic) bond motifs is 3. The Kier molecular flexibility index (Phi) is 4.23. The van der Waals surface area contributed by atoms with E-state index in [9.17, 15) is 13.2 Å². The van der Waals surface area contributed by atoms with E-state index >= 15 is 0 Å². The van der Waals surface area contributed by atoms with Crippen molar-refractivity contribution in [2.45, 2.75) is 23.1 Å². The summed E-state index contributed by atoms with van der Waals surface area (Å²) in [5, 5.41) is 0.845. The Morgan fingerprint density at radius 3 is 2.93 bits per heavy atom. The molecule has 146 valence electrons. The number of halogens is 1. The number of rotatable bonds is 3. The Hall–Kier alpha value is -1.95. The number of aromatic nitrogens is 4. The summed E-state index contributed by atoms with van der Waals surface area (Å²) in [4.78, 5) is 23.0. The lowest BCUT2D eigenvalue weighted by Crippen LogP contribution is -2.42. The van der Waals surface area contributed by atoms with E-state index in [-0.39, 0.29) is 18.3 Å². The predicted octanol–water partition coefficient (Wildman–Crippen LogP) is 3.06. The maximum absolute atomic E-state index is 13.0. The topological polar surface area (TPSA) is 104 Å². The van der Waals surface area contributed by atoms with Gasteiger partial charge in [-0.25, -0.2) is 18.2 Å². The van der Waals surface area contributed by atoms with Crippen LogP contribution < -0.4 is 5.69 Å². The molecule has 4 aromatic heterocycles. The number of piperidine rings is 1. The van der Waals surface area contributed by atoms with E-state index in [0.717, 1.165) is 21.1 Å². The standard InChI is InChI=1S/C17H16BrN5O3S2/c18-13-3-4-14(27-13)28(25,26)22-7-1-2-10(9-22)23-15-11-5-6-19-16(11)20-8-12(15)21-17(23)24/h3-6,8,10H,1-2,7,9H2,(H,19,20)(H,21,24)/t10-/m1/s1. The van der Waals surface area contributed by atoms with Gasteiger partial charge in [0.05, 0.1) is 27.1 Å². The predicted molar refractivity (Wildman–Crippen MR) is 111 cm³/mol. The second-order valence-corrected chi connectivity index (χ2v) is 11.4. The summed E-state index contributed by atoms with van der Waals surface area (Å²) in [6.45, 7) is 0.714. The number of hydrogen-bond acceptors (Lipinski definition) is 5. The highest BCUT2D eigenvalue weighted by Gasteiger charge is 2.33. The second-order valence-electron chi connectivity index (χ2n) is 6.78. The van der Waals surface area contributed by atoms with Gasteiger partial charge in [0.2, 0.25) is 0 Å². The molecule has 0 aromatic carbocycles. The zero-order valence-electron chi connectivity index (χ0n) is 14.6. The lowest BCUT2D eigenvalue weighted by molar-refractivity contribution is 0.268. The summed E-state index contributed by atoms with van der Waals surface area (Å²) in [6.07, 6.45) is 4.84. The molecule has 8 nitrogen and oxygen atoms in total. The molecule has 1 aliphatic rings. The van der Waals surface area contributed by atoms with Crippen LogP contribution >= 0.6 is 27.3 Å². The first-order valence-corrected chi connectivity index (χ1v) is 11.8. The van der Waals surface area contributed by atoms with Gasteiger partial charge in [-0.1, -0.05) is 0 Å². The molecule has 5 rings (SSSR count). The smallest absolute Gasteiger partial charge is 0.326 e. The van der Waals surface area contributed by atoms with Gasteiger partial charge in [-0.2, -0.15) is 4.31 Å². The lowest BCUT2D eigenvalue weighted by atomic mass is 10.1. The summed E-state index contributed by atoms with van der Waals surface area (Å²) >= 11 is 4.52. The molecule has 1 aliphatic heterocycles. The molecule has 0 amide bonds. The zero-order chi connectivity index (χ0) is 19.5. The molecule has 1 saturated heterocycles. The third kappa shape index (κ3) is 2.76. The number of thiophene rings is 1. The van der Waals surface area contributed by atoms with Crippen LogP contribution in [0.4, 0.5) is 0 Å². The fourth-order valence-electron chi connectivity index (χ4n) is 3.88. The maximum atomic E-state index is 13.0. The van der Waals surface area contributed by atoms with Gasteiger partial charge in [0.15, 0.2) is 0 Å². The van der Waals surface area contributed by atoms with Gasteiger partial charge in [0.25, 0.3) is 10.0 Å². The van der Waals surface area contributed by atoms with Crippen molar-refractivity contribution in [3.63, 3.8) is 0 Å². The number of aromatic amines is 2. The van der Waals surface area contributed by atoms with Gasteiger partial charge in [-0.15, -0.1) is 11.3 Å². The van der Waals surface area contributed by atoms with Crippen molar-refractivity contribution in [2.75, 3.05) is 13.1 Å². The first-order chi connectivity index (χ1) is 13.4. The van der Waals surface area contributed by atoms with Crippen molar-refractivity contribution in [3.05, 3.63) is 44.9 Å². The third-order valence-electron chi connectivity index (χ3n) is 5.13. The maximum Gasteiger partial charge on any atom is 0.326 e. The van der Waals surface area contributed by atoms with E-state index in [2.05, 4.69) is 30.9 Å². The number of imidazole rings is 1. The molecule has 4 aromatic rings. The first kappa shape index (κ1) is 18.1. The van der Waals surface area contributed by atoms with Crippen LogP contribution in [0.15, 0.2) is 43.4 Å². The highest BCUT2D eigenvalue weighted by atomic mass is 79.9. The van der Waals surface area contributed by atoms with Crippen molar-refractivity contribution >= 4 is 59.4 Å². The van der Waals surface area contributed by atoms with E-state index in [1.165, 1.54) is 15.6 Å². The number of hydrogen-bond donors (Lipinski definition) is 2. The first-order valence-electron chi connectivity index (χ1n) is 8.77.